The molecule has 0 unspecified atom stereocenters. The number of aliphatic hydroxyl groups is 1. The molecule has 1 aromatic carbocycles. The van der Waals surface area contributed by atoms with Gasteiger partial charge < -0.3 is 10.4 Å². The van der Waals surface area contributed by atoms with Crippen molar-refractivity contribution >= 4 is 22.6 Å². The Hall–Kier alpha value is -0.170. The predicted octanol–water partition coefficient (Wildman–Crippen LogP) is 2.26. The van der Waals surface area contributed by atoms with E-state index in [1.165, 1.54) is 9.13 Å². The van der Waals surface area contributed by atoms with Gasteiger partial charge in [-0.1, -0.05) is 32.0 Å². The SMILES string of the molecule is CC(C)(CO)[C@H](c1ccccc1I)N1CCNCC1. The summed E-state index contributed by atoms with van der Waals surface area (Å²) in [5, 5.41) is 13.2. The highest BCUT2D eigenvalue weighted by molar-refractivity contribution is 14.1. The first kappa shape index (κ1) is 15.2. The summed E-state index contributed by atoms with van der Waals surface area (Å²) in [4.78, 5) is 2.50. The zero-order valence-electron chi connectivity index (χ0n) is 11.7. The first-order valence-electron chi connectivity index (χ1n) is 6.86. The molecule has 0 amide bonds. The molecular formula is C15H23IN2O. The van der Waals surface area contributed by atoms with E-state index in [-0.39, 0.29) is 18.1 Å². The molecule has 1 saturated heterocycles. The number of rotatable bonds is 4. The van der Waals surface area contributed by atoms with Crippen LogP contribution in [-0.4, -0.2) is 42.8 Å². The van der Waals surface area contributed by atoms with E-state index in [0.717, 1.165) is 26.2 Å². The summed E-state index contributed by atoms with van der Waals surface area (Å²) in [5.41, 5.74) is 1.20. The van der Waals surface area contributed by atoms with Crippen molar-refractivity contribution in [2.24, 2.45) is 5.41 Å². The molecule has 1 aliphatic heterocycles. The molecule has 106 valence electrons. The van der Waals surface area contributed by atoms with Gasteiger partial charge in [-0.15, -0.1) is 0 Å². The third-order valence-electron chi connectivity index (χ3n) is 3.86. The fourth-order valence-electron chi connectivity index (χ4n) is 2.84. The largest absolute Gasteiger partial charge is 0.396 e. The molecule has 4 heteroatoms. The number of aliphatic hydroxyl groups excluding tert-OH is 1. The fourth-order valence-corrected chi connectivity index (χ4v) is 3.52. The maximum absolute atomic E-state index is 9.80. The fraction of sp³-hybridized carbons (Fsp3) is 0.600. The molecule has 19 heavy (non-hydrogen) atoms. The summed E-state index contributed by atoms with van der Waals surface area (Å²) in [6, 6.07) is 8.80. The highest BCUT2D eigenvalue weighted by Crippen LogP contribution is 2.39. The van der Waals surface area contributed by atoms with E-state index >= 15 is 0 Å². The second-order valence-corrected chi connectivity index (χ2v) is 7.02. The number of hydrogen-bond donors (Lipinski definition) is 2. The van der Waals surface area contributed by atoms with Gasteiger partial charge in [0.05, 0.1) is 0 Å². The number of nitrogens with one attached hydrogen (secondary N) is 1. The minimum Gasteiger partial charge on any atom is -0.396 e. The van der Waals surface area contributed by atoms with Crippen molar-refractivity contribution in [2.75, 3.05) is 32.8 Å². The Bertz CT molecular complexity index is 416. The summed E-state index contributed by atoms with van der Waals surface area (Å²) < 4.78 is 1.28. The Morgan fingerprint density at radius 3 is 2.53 bits per heavy atom. The van der Waals surface area contributed by atoms with E-state index in [1.54, 1.807) is 0 Å². The predicted molar refractivity (Wildman–Crippen MR) is 87.2 cm³/mol. The molecule has 0 aromatic heterocycles. The van der Waals surface area contributed by atoms with Gasteiger partial charge in [-0.05, 0) is 34.2 Å². The topological polar surface area (TPSA) is 35.5 Å². The number of nitrogens with zero attached hydrogens (tertiary/aromatic N) is 1. The zero-order chi connectivity index (χ0) is 13.9. The lowest BCUT2D eigenvalue weighted by Gasteiger charge is -2.43. The Morgan fingerprint density at radius 1 is 1.32 bits per heavy atom. The maximum Gasteiger partial charge on any atom is 0.0500 e. The van der Waals surface area contributed by atoms with Crippen molar-refractivity contribution in [2.45, 2.75) is 19.9 Å². The average molecular weight is 374 g/mol. The van der Waals surface area contributed by atoms with Crippen molar-refractivity contribution in [1.82, 2.24) is 10.2 Å². The summed E-state index contributed by atoms with van der Waals surface area (Å²) >= 11 is 2.40. The lowest BCUT2D eigenvalue weighted by Crippen LogP contribution is -2.49. The van der Waals surface area contributed by atoms with Crippen molar-refractivity contribution in [3.05, 3.63) is 33.4 Å². The van der Waals surface area contributed by atoms with Crippen molar-refractivity contribution < 1.29 is 5.11 Å². The molecular weight excluding hydrogens is 351 g/mol. The summed E-state index contributed by atoms with van der Waals surface area (Å²) in [6.07, 6.45) is 0. The Balaban J connectivity index is 2.36. The van der Waals surface area contributed by atoms with Gasteiger partial charge in [-0.25, -0.2) is 0 Å². The maximum atomic E-state index is 9.80. The molecule has 3 nitrogen and oxygen atoms in total. The van der Waals surface area contributed by atoms with Crippen LogP contribution in [0, 0.1) is 8.99 Å². The molecule has 0 radical (unpaired) electrons. The van der Waals surface area contributed by atoms with Gasteiger partial charge in [-0.2, -0.15) is 0 Å². The van der Waals surface area contributed by atoms with Crippen molar-refractivity contribution in [1.29, 1.82) is 0 Å². The highest BCUT2D eigenvalue weighted by Gasteiger charge is 2.36. The monoisotopic (exact) mass is 374 g/mol. The normalized spacial score (nSPS) is 19.4. The van der Waals surface area contributed by atoms with Gasteiger partial charge in [0.1, 0.15) is 0 Å². The van der Waals surface area contributed by atoms with Gasteiger partial charge in [0.15, 0.2) is 0 Å². The van der Waals surface area contributed by atoms with Crippen molar-refractivity contribution in [3.63, 3.8) is 0 Å². The molecule has 0 spiro atoms. The van der Waals surface area contributed by atoms with Gasteiger partial charge in [0.2, 0.25) is 0 Å². The van der Waals surface area contributed by atoms with Crippen molar-refractivity contribution in [3.8, 4) is 0 Å². The molecule has 1 aromatic rings. The van der Waals surface area contributed by atoms with Crippen LogP contribution >= 0.6 is 22.6 Å². The van der Waals surface area contributed by atoms with Gasteiger partial charge in [0, 0.05) is 47.8 Å². The molecule has 0 saturated carbocycles. The highest BCUT2D eigenvalue weighted by atomic mass is 127. The zero-order valence-corrected chi connectivity index (χ0v) is 13.9. The molecule has 1 heterocycles. The standard InChI is InChI=1S/C15H23IN2O/c1-15(2,11-19)14(18-9-7-17-8-10-18)12-5-3-4-6-13(12)16/h3-6,14,17,19H,7-11H2,1-2H3/t14-/m0/s1. The number of benzene rings is 1. The van der Waals surface area contributed by atoms with Gasteiger partial charge in [0.25, 0.3) is 0 Å². The first-order chi connectivity index (χ1) is 9.06. The molecule has 0 bridgehead atoms. The third-order valence-corrected chi connectivity index (χ3v) is 4.85. The Kier molecular flexibility index (Phi) is 5.22. The Morgan fingerprint density at radius 2 is 1.95 bits per heavy atom. The quantitative estimate of drug-likeness (QED) is 0.794. The smallest absolute Gasteiger partial charge is 0.0500 e. The Labute approximate surface area is 129 Å². The number of hydrogen-bond acceptors (Lipinski definition) is 3. The van der Waals surface area contributed by atoms with Gasteiger partial charge >= 0.3 is 0 Å². The second-order valence-electron chi connectivity index (χ2n) is 5.86. The second kappa shape index (κ2) is 6.52. The van der Waals surface area contributed by atoms with E-state index < -0.39 is 0 Å². The van der Waals surface area contributed by atoms with Crippen LogP contribution in [0.4, 0.5) is 0 Å². The van der Waals surface area contributed by atoms with Crippen LogP contribution in [0.2, 0.25) is 0 Å². The minimum atomic E-state index is -0.140. The van der Waals surface area contributed by atoms with Crippen LogP contribution in [0.3, 0.4) is 0 Å². The average Bonchev–Trinajstić information content (AvgIpc) is 2.42. The molecule has 0 aliphatic carbocycles. The van der Waals surface area contributed by atoms with Crippen LogP contribution < -0.4 is 5.32 Å². The summed E-state index contributed by atoms with van der Waals surface area (Å²) in [6.45, 7) is 8.65. The lowest BCUT2D eigenvalue weighted by atomic mass is 9.80. The van der Waals surface area contributed by atoms with Crippen LogP contribution in [-0.2, 0) is 0 Å². The van der Waals surface area contributed by atoms with E-state index in [0.29, 0.717) is 0 Å². The molecule has 1 atom stereocenters. The first-order valence-corrected chi connectivity index (χ1v) is 7.94. The van der Waals surface area contributed by atoms with Crippen LogP contribution in [0.1, 0.15) is 25.5 Å². The van der Waals surface area contributed by atoms with E-state index in [9.17, 15) is 5.11 Å². The molecule has 2 N–H and O–H groups in total. The van der Waals surface area contributed by atoms with Crippen LogP contribution in [0.15, 0.2) is 24.3 Å². The van der Waals surface area contributed by atoms with E-state index in [1.807, 2.05) is 0 Å². The van der Waals surface area contributed by atoms with E-state index in [2.05, 4.69) is 70.9 Å². The van der Waals surface area contributed by atoms with Gasteiger partial charge in [-0.3, -0.25) is 4.90 Å². The minimum absolute atomic E-state index is 0.140. The van der Waals surface area contributed by atoms with Crippen LogP contribution in [0.5, 0.6) is 0 Å². The van der Waals surface area contributed by atoms with Crippen LogP contribution in [0.25, 0.3) is 0 Å². The lowest BCUT2D eigenvalue weighted by molar-refractivity contribution is 0.0301. The third kappa shape index (κ3) is 3.48. The molecule has 1 aliphatic rings. The summed E-state index contributed by atoms with van der Waals surface area (Å²) in [7, 11) is 0. The number of piperazine rings is 1. The summed E-state index contributed by atoms with van der Waals surface area (Å²) in [5.74, 6) is 0. The molecule has 1 fully saturated rings. The van der Waals surface area contributed by atoms with E-state index in [4.69, 9.17) is 0 Å². The molecule has 2 rings (SSSR count). The number of halogens is 1.